The van der Waals surface area contributed by atoms with Crippen LogP contribution in [0, 0.1) is 6.92 Å². The second-order valence-corrected chi connectivity index (χ2v) is 27.6. The molecule has 2 aliphatic carbocycles. The number of rotatable bonds is 11. The van der Waals surface area contributed by atoms with Crippen LogP contribution in [0.1, 0.15) is 206 Å². The number of aryl methyl sites for hydroxylation is 1. The lowest BCUT2D eigenvalue weighted by molar-refractivity contribution is 0.588. The van der Waals surface area contributed by atoms with Crippen molar-refractivity contribution < 1.29 is 0 Å². The summed E-state index contributed by atoms with van der Waals surface area (Å²) in [6, 6.07) is 67.9. The third-order valence-corrected chi connectivity index (χ3v) is 18.4. The molecule has 0 saturated carbocycles. The highest BCUT2D eigenvalue weighted by atomic mass is 14.5. The first-order valence-electron chi connectivity index (χ1n) is 29.4. The average molecular weight is 1020 g/mol. The zero-order valence-electron chi connectivity index (χ0n) is 49.6. The molecule has 11 rings (SSSR count). The van der Waals surface area contributed by atoms with E-state index in [0.717, 1.165) is 12.8 Å². The fourth-order valence-electron chi connectivity index (χ4n) is 13.9. The maximum absolute atomic E-state index is 5.04. The molecule has 9 aromatic carbocycles. The van der Waals surface area contributed by atoms with Gasteiger partial charge in [0.25, 0.3) is 0 Å². The van der Waals surface area contributed by atoms with Crippen LogP contribution in [0.15, 0.2) is 176 Å². The zero-order chi connectivity index (χ0) is 55.3. The molecule has 0 amide bonds. The van der Waals surface area contributed by atoms with Gasteiger partial charge in [0.15, 0.2) is 0 Å². The van der Waals surface area contributed by atoms with E-state index in [0.29, 0.717) is 0 Å². The predicted octanol–water partition coefficient (Wildman–Crippen LogP) is 21.6. The Morgan fingerprint density at radius 1 is 0.359 bits per heavy atom. The second-order valence-electron chi connectivity index (χ2n) is 27.6. The number of hydrogen-bond acceptors (Lipinski definition) is 0. The van der Waals surface area contributed by atoms with Crippen molar-refractivity contribution in [3.8, 4) is 22.3 Å². The molecule has 0 atom stereocenters. The number of unbranched alkanes of at least 4 members (excludes halogenated alkanes) is 4. The topological polar surface area (TPSA) is 0 Å². The Morgan fingerprint density at radius 2 is 0.692 bits per heavy atom. The Morgan fingerprint density at radius 3 is 1.05 bits per heavy atom. The molecule has 0 bridgehead atoms. The van der Waals surface area contributed by atoms with Gasteiger partial charge in [0.05, 0.1) is 10.8 Å². The van der Waals surface area contributed by atoms with Gasteiger partial charge >= 0.3 is 0 Å². The molecule has 0 aromatic heterocycles. The van der Waals surface area contributed by atoms with Crippen molar-refractivity contribution in [2.45, 2.75) is 168 Å². The van der Waals surface area contributed by atoms with Crippen molar-refractivity contribution >= 4 is 27.1 Å². The molecule has 0 heteroatoms. The van der Waals surface area contributed by atoms with E-state index in [-0.39, 0.29) is 21.7 Å². The Kier molecular flexibility index (Phi) is 13.1. The number of allylic oxidation sites excluding steroid dienone is 1. The number of benzene rings is 9. The van der Waals surface area contributed by atoms with Crippen LogP contribution < -0.4 is 0 Å². The van der Waals surface area contributed by atoms with Crippen LogP contribution in [0.2, 0.25) is 0 Å². The minimum absolute atomic E-state index is 0.0196. The molecule has 2 aliphatic rings. The fourth-order valence-corrected chi connectivity index (χ4v) is 13.9. The van der Waals surface area contributed by atoms with Gasteiger partial charge in [-0.25, -0.2) is 0 Å². The largest absolute Gasteiger partial charge is 0.0952 e. The highest BCUT2D eigenvalue weighted by Gasteiger charge is 2.49. The summed E-state index contributed by atoms with van der Waals surface area (Å²) >= 11 is 0. The molecule has 0 unspecified atom stereocenters. The van der Waals surface area contributed by atoms with Gasteiger partial charge in [-0.2, -0.15) is 0 Å². The molecule has 0 saturated heterocycles. The lowest BCUT2D eigenvalue weighted by atomic mass is 9.66. The minimum atomic E-state index is -0.582. The zero-order valence-corrected chi connectivity index (χ0v) is 49.6. The van der Waals surface area contributed by atoms with Gasteiger partial charge in [0, 0.05) is 0 Å². The predicted molar refractivity (Wildman–Crippen MR) is 338 cm³/mol. The third kappa shape index (κ3) is 8.55. The molecule has 9 aromatic rings. The van der Waals surface area contributed by atoms with Gasteiger partial charge in [-0.05, 0) is 193 Å². The first-order chi connectivity index (χ1) is 37.0. The Hall–Kier alpha value is -6.76. The van der Waals surface area contributed by atoms with E-state index in [2.05, 4.69) is 267 Å². The van der Waals surface area contributed by atoms with Crippen molar-refractivity contribution in [3.63, 3.8) is 0 Å². The van der Waals surface area contributed by atoms with Gasteiger partial charge in [-0.15, -0.1) is 0 Å². The van der Waals surface area contributed by atoms with E-state index in [1.165, 1.54) is 153 Å². The van der Waals surface area contributed by atoms with Gasteiger partial charge < -0.3 is 0 Å². The van der Waals surface area contributed by atoms with E-state index in [4.69, 9.17) is 6.58 Å². The van der Waals surface area contributed by atoms with Crippen LogP contribution in [0.25, 0.3) is 49.4 Å². The van der Waals surface area contributed by atoms with Crippen LogP contribution in [-0.4, -0.2) is 0 Å². The maximum atomic E-state index is 5.04. The average Bonchev–Trinajstić information content (AvgIpc) is 3.85. The molecule has 0 spiro atoms. The molecule has 0 aliphatic heterocycles. The molecule has 0 heterocycles. The van der Waals surface area contributed by atoms with Crippen LogP contribution in [0.4, 0.5) is 0 Å². The molecule has 396 valence electrons. The summed E-state index contributed by atoms with van der Waals surface area (Å²) in [5, 5.41) is 5.21. The van der Waals surface area contributed by atoms with Crippen molar-refractivity contribution in [2.75, 3.05) is 0 Å². The van der Waals surface area contributed by atoms with Crippen LogP contribution in [0.5, 0.6) is 0 Å². The molecule has 0 nitrogen and oxygen atoms in total. The SMILES string of the molecule is C=C(CCCCCCC)c1c(C)c2cc3c(cc2c2cc4c(cc12)-c1ccccc1C4(c1ccc(C(C)(C)C)cc1)c1ccc(C(C)(C)C)cc1)C(c1ccc(C(C)(C)C)cc1)(c1ccc(C(C)(C)C)cc1)c1ccccc1-3. The summed E-state index contributed by atoms with van der Waals surface area (Å²) in [6.45, 7) is 37.6. The first kappa shape index (κ1) is 53.3. The van der Waals surface area contributed by atoms with Gasteiger partial charge in [0.2, 0.25) is 0 Å². The molecular weight excluding hydrogens is 937 g/mol. The quantitative estimate of drug-likeness (QED) is 0.0895. The van der Waals surface area contributed by atoms with Gasteiger partial charge in [0.1, 0.15) is 0 Å². The standard InChI is InChI=1S/C78H84/c1-16-17-18-19-20-25-50(2)72-51(3)62-46-65-60-26-21-23-28-68(60)77(56-38-30-52(31-39-56)73(4,5)6,57-40-32-53(33-41-57)74(7,8)9)70(65)48-63(62)64-49-71-66(47-67(64)72)61-27-22-24-29-69(61)78(71,58-42-34-54(35-43-58)75(10,11)12)59-44-36-55(37-45-59)76(13,14)15/h21-24,26-49H,2,16-20,25H2,1,3-15H3. The molecule has 0 fully saturated rings. The van der Waals surface area contributed by atoms with E-state index in [1.807, 2.05) is 0 Å². The molecular formula is C78H84. The number of fused-ring (bicyclic) bond motifs is 9. The molecule has 0 radical (unpaired) electrons. The van der Waals surface area contributed by atoms with Crippen LogP contribution in [-0.2, 0) is 32.5 Å². The van der Waals surface area contributed by atoms with Gasteiger partial charge in [-0.1, -0.05) is 268 Å². The normalized spacial score (nSPS) is 14.6. The smallest absolute Gasteiger partial charge is 0.0713 e. The summed E-state index contributed by atoms with van der Waals surface area (Å²) in [5.41, 5.74) is 24.0. The van der Waals surface area contributed by atoms with Gasteiger partial charge in [-0.3, -0.25) is 0 Å². The second kappa shape index (κ2) is 19.3. The maximum Gasteiger partial charge on any atom is 0.0713 e. The summed E-state index contributed by atoms with van der Waals surface area (Å²) in [4.78, 5) is 0. The third-order valence-electron chi connectivity index (χ3n) is 18.4. The van der Waals surface area contributed by atoms with E-state index < -0.39 is 10.8 Å². The number of hydrogen-bond donors (Lipinski definition) is 0. The van der Waals surface area contributed by atoms with E-state index in [1.54, 1.807) is 0 Å². The summed E-state index contributed by atoms with van der Waals surface area (Å²) in [7, 11) is 0. The highest BCUT2D eigenvalue weighted by molar-refractivity contribution is 6.17. The summed E-state index contributed by atoms with van der Waals surface area (Å²) in [5.74, 6) is 0. The van der Waals surface area contributed by atoms with Crippen molar-refractivity contribution in [3.05, 3.63) is 254 Å². The van der Waals surface area contributed by atoms with E-state index in [9.17, 15) is 0 Å². The molecule has 0 N–H and O–H groups in total. The minimum Gasteiger partial charge on any atom is -0.0952 e. The monoisotopic (exact) mass is 1020 g/mol. The van der Waals surface area contributed by atoms with Crippen molar-refractivity contribution in [1.82, 2.24) is 0 Å². The highest BCUT2D eigenvalue weighted by Crippen LogP contribution is 2.61. The van der Waals surface area contributed by atoms with E-state index >= 15 is 0 Å². The Balaban J connectivity index is 1.28. The summed E-state index contributed by atoms with van der Waals surface area (Å²) in [6.07, 6.45) is 7.15. The van der Waals surface area contributed by atoms with Crippen LogP contribution >= 0.6 is 0 Å². The van der Waals surface area contributed by atoms with Crippen LogP contribution in [0.3, 0.4) is 0 Å². The Labute approximate surface area is 469 Å². The molecule has 78 heavy (non-hydrogen) atoms. The van der Waals surface area contributed by atoms with Crippen molar-refractivity contribution in [1.29, 1.82) is 0 Å². The lowest BCUT2D eigenvalue weighted by Gasteiger charge is -2.36. The fraction of sp³-hybridized carbons (Fsp3) is 0.333. The lowest BCUT2D eigenvalue weighted by Crippen LogP contribution is -2.29. The summed E-state index contributed by atoms with van der Waals surface area (Å²) < 4.78 is 0. The Bertz CT molecular complexity index is 3630. The first-order valence-corrected chi connectivity index (χ1v) is 29.4. The van der Waals surface area contributed by atoms with Crippen molar-refractivity contribution in [2.24, 2.45) is 0 Å².